The van der Waals surface area contributed by atoms with E-state index in [1.165, 1.54) is 0 Å². The molecule has 0 aliphatic carbocycles. The summed E-state index contributed by atoms with van der Waals surface area (Å²) in [5.74, 6) is 2.23. The van der Waals surface area contributed by atoms with Gasteiger partial charge in [0.05, 0.1) is 5.69 Å². The summed E-state index contributed by atoms with van der Waals surface area (Å²) in [6.45, 7) is 0.924. The van der Waals surface area contributed by atoms with E-state index in [9.17, 15) is 4.39 Å². The molecule has 4 aromatic rings. The molecule has 0 bridgehead atoms. The molecule has 7 nitrogen and oxygen atoms in total. The van der Waals surface area contributed by atoms with E-state index < -0.39 is 6.67 Å². The number of aromatic amines is 1. The molecule has 0 spiro atoms. The first-order valence-corrected chi connectivity index (χ1v) is 9.81. The summed E-state index contributed by atoms with van der Waals surface area (Å²) in [5, 5.41) is 13.8. The van der Waals surface area contributed by atoms with Gasteiger partial charge in [-0.3, -0.25) is 5.10 Å². The van der Waals surface area contributed by atoms with Crippen LogP contribution in [0.4, 0.5) is 16.2 Å². The van der Waals surface area contributed by atoms with Crippen LogP contribution < -0.4 is 10.6 Å². The fourth-order valence-electron chi connectivity index (χ4n) is 3.57. The van der Waals surface area contributed by atoms with Crippen LogP contribution >= 0.6 is 0 Å². The van der Waals surface area contributed by atoms with Crippen molar-refractivity contribution in [3.8, 4) is 22.8 Å². The number of fused-ring (bicyclic) bond motifs is 1. The highest BCUT2D eigenvalue weighted by atomic mass is 19.1. The number of rotatable bonds is 5. The number of nitrogens with zero attached hydrogens (tertiary/aromatic N) is 4. The van der Waals surface area contributed by atoms with Crippen LogP contribution in [0, 0.1) is 0 Å². The molecule has 30 heavy (non-hydrogen) atoms. The lowest BCUT2D eigenvalue weighted by Crippen LogP contribution is -2.26. The van der Waals surface area contributed by atoms with Crippen molar-refractivity contribution in [2.45, 2.75) is 19.6 Å². The van der Waals surface area contributed by atoms with Crippen molar-refractivity contribution >= 4 is 11.8 Å². The minimum absolute atomic E-state index is 0.421. The fraction of sp³-hybridized carbons (Fsp3) is 0.182. The van der Waals surface area contributed by atoms with Crippen LogP contribution in [0.1, 0.15) is 16.8 Å². The standard InChI is InChI=1S/C22H20FN7/c23-12-15-8-4-5-9-16(15)20-25-18-10-11-24-13-17(18)21(26-20)28-22-27-19(29-30-22)14-6-2-1-3-7-14/h1-9,24H,10-13H2,(H2,25,26,27,28,29,30). The Morgan fingerprint density at radius 3 is 2.67 bits per heavy atom. The molecule has 3 N–H and O–H groups in total. The first-order valence-electron chi connectivity index (χ1n) is 9.81. The number of aromatic nitrogens is 5. The smallest absolute Gasteiger partial charge is 0.248 e. The lowest BCUT2D eigenvalue weighted by Gasteiger charge is -2.20. The zero-order valence-corrected chi connectivity index (χ0v) is 16.2. The molecule has 8 heteroatoms. The molecule has 0 radical (unpaired) electrons. The van der Waals surface area contributed by atoms with Gasteiger partial charge in [0.2, 0.25) is 5.95 Å². The second kappa shape index (κ2) is 8.00. The van der Waals surface area contributed by atoms with Gasteiger partial charge in [0.15, 0.2) is 11.6 Å². The predicted molar refractivity (Wildman–Crippen MR) is 113 cm³/mol. The molecule has 1 aliphatic rings. The highest BCUT2D eigenvalue weighted by Crippen LogP contribution is 2.28. The third-order valence-corrected chi connectivity index (χ3v) is 5.10. The Labute approximate surface area is 172 Å². The number of anilines is 2. The first kappa shape index (κ1) is 18.4. The minimum Gasteiger partial charge on any atom is -0.312 e. The van der Waals surface area contributed by atoms with Crippen LogP contribution in [0.25, 0.3) is 22.8 Å². The molecule has 1 aliphatic heterocycles. The summed E-state index contributed by atoms with van der Waals surface area (Å²) < 4.78 is 13.5. The second-order valence-electron chi connectivity index (χ2n) is 7.04. The van der Waals surface area contributed by atoms with Gasteiger partial charge in [0.25, 0.3) is 0 Å². The van der Waals surface area contributed by atoms with Gasteiger partial charge in [-0.05, 0) is 5.56 Å². The molecule has 2 aromatic heterocycles. The molecule has 0 atom stereocenters. The summed E-state index contributed by atoms with van der Waals surface area (Å²) in [6, 6.07) is 17.1. The van der Waals surface area contributed by atoms with E-state index in [1.807, 2.05) is 48.5 Å². The van der Waals surface area contributed by atoms with Crippen LogP contribution in [-0.4, -0.2) is 31.7 Å². The van der Waals surface area contributed by atoms with Gasteiger partial charge in [-0.25, -0.2) is 14.4 Å². The lowest BCUT2D eigenvalue weighted by molar-refractivity contribution is 0.486. The average Bonchev–Trinajstić information content (AvgIpc) is 3.28. The summed E-state index contributed by atoms with van der Waals surface area (Å²) in [4.78, 5) is 14.0. The van der Waals surface area contributed by atoms with E-state index in [4.69, 9.17) is 9.97 Å². The number of hydrogen-bond acceptors (Lipinski definition) is 6. The normalized spacial score (nSPS) is 13.1. The van der Waals surface area contributed by atoms with Crippen LogP contribution in [0.5, 0.6) is 0 Å². The highest BCUT2D eigenvalue weighted by molar-refractivity contribution is 5.66. The van der Waals surface area contributed by atoms with E-state index in [0.29, 0.717) is 41.1 Å². The van der Waals surface area contributed by atoms with Crippen molar-refractivity contribution < 1.29 is 4.39 Å². The Morgan fingerprint density at radius 2 is 1.80 bits per heavy atom. The zero-order valence-electron chi connectivity index (χ0n) is 16.2. The van der Waals surface area contributed by atoms with Gasteiger partial charge in [-0.1, -0.05) is 54.6 Å². The van der Waals surface area contributed by atoms with Crippen LogP contribution in [0.3, 0.4) is 0 Å². The number of H-pyrrole nitrogens is 1. The van der Waals surface area contributed by atoms with Gasteiger partial charge in [-0.2, -0.15) is 4.98 Å². The number of benzene rings is 2. The quantitative estimate of drug-likeness (QED) is 0.471. The second-order valence-corrected chi connectivity index (χ2v) is 7.04. The van der Waals surface area contributed by atoms with E-state index in [0.717, 1.165) is 29.8 Å². The van der Waals surface area contributed by atoms with Gasteiger partial charge in [-0.15, -0.1) is 5.10 Å². The summed E-state index contributed by atoms with van der Waals surface area (Å²) in [6.07, 6.45) is 0.778. The SMILES string of the molecule is FCc1ccccc1-c1nc2c(c(Nc3n[nH]c(-c4ccccc4)n3)n1)CNCC2. The largest absolute Gasteiger partial charge is 0.312 e. The van der Waals surface area contributed by atoms with E-state index in [-0.39, 0.29) is 0 Å². The Balaban J connectivity index is 1.54. The monoisotopic (exact) mass is 401 g/mol. The molecule has 0 amide bonds. The van der Waals surface area contributed by atoms with Crippen molar-refractivity contribution in [3.63, 3.8) is 0 Å². The molecule has 5 rings (SSSR count). The Morgan fingerprint density at radius 1 is 0.967 bits per heavy atom. The van der Waals surface area contributed by atoms with Crippen molar-refractivity contribution in [2.75, 3.05) is 11.9 Å². The maximum atomic E-state index is 13.5. The van der Waals surface area contributed by atoms with E-state index >= 15 is 0 Å². The molecule has 0 saturated heterocycles. The molecule has 0 saturated carbocycles. The van der Waals surface area contributed by atoms with E-state index in [1.54, 1.807) is 6.07 Å². The van der Waals surface area contributed by atoms with Crippen molar-refractivity contribution in [3.05, 3.63) is 71.4 Å². The summed E-state index contributed by atoms with van der Waals surface area (Å²) in [7, 11) is 0. The topological polar surface area (TPSA) is 91.4 Å². The number of alkyl halides is 1. The number of hydrogen-bond donors (Lipinski definition) is 3. The summed E-state index contributed by atoms with van der Waals surface area (Å²) >= 11 is 0. The molecule has 150 valence electrons. The molecular formula is C22H20FN7. The Hall–Kier alpha value is -3.65. The molecular weight excluding hydrogens is 381 g/mol. The van der Waals surface area contributed by atoms with Crippen molar-refractivity contribution in [2.24, 2.45) is 0 Å². The summed E-state index contributed by atoms with van der Waals surface area (Å²) in [5.41, 5.74) is 4.15. The predicted octanol–water partition coefficient (Wildman–Crippen LogP) is 3.79. The Kier molecular flexibility index (Phi) is 4.90. The maximum Gasteiger partial charge on any atom is 0.248 e. The van der Waals surface area contributed by atoms with Crippen LogP contribution in [-0.2, 0) is 19.6 Å². The van der Waals surface area contributed by atoms with Crippen LogP contribution in [0.2, 0.25) is 0 Å². The lowest BCUT2D eigenvalue weighted by atomic mass is 10.0. The maximum absolute atomic E-state index is 13.5. The van der Waals surface area contributed by atoms with E-state index in [2.05, 4.69) is 25.8 Å². The molecule has 0 fully saturated rings. The van der Waals surface area contributed by atoms with Gasteiger partial charge in [0, 0.05) is 36.2 Å². The number of nitrogens with one attached hydrogen (secondary N) is 3. The van der Waals surface area contributed by atoms with Gasteiger partial charge in [0.1, 0.15) is 12.5 Å². The fourth-order valence-corrected chi connectivity index (χ4v) is 3.57. The average molecular weight is 401 g/mol. The first-order chi connectivity index (χ1) is 14.8. The third-order valence-electron chi connectivity index (χ3n) is 5.10. The van der Waals surface area contributed by atoms with Gasteiger partial charge >= 0.3 is 0 Å². The molecule has 3 heterocycles. The van der Waals surface area contributed by atoms with Gasteiger partial charge < -0.3 is 10.6 Å². The molecule has 2 aromatic carbocycles. The minimum atomic E-state index is -0.567. The third kappa shape index (κ3) is 3.53. The molecule has 0 unspecified atom stereocenters. The Bertz CT molecular complexity index is 1170. The highest BCUT2D eigenvalue weighted by Gasteiger charge is 2.20. The number of halogens is 1. The zero-order chi connectivity index (χ0) is 20.3. The van der Waals surface area contributed by atoms with Crippen LogP contribution in [0.15, 0.2) is 54.6 Å². The van der Waals surface area contributed by atoms with Crippen molar-refractivity contribution in [1.82, 2.24) is 30.5 Å². The van der Waals surface area contributed by atoms with Crippen molar-refractivity contribution in [1.29, 1.82) is 0 Å².